The Hall–Kier alpha value is -1.10. The zero-order chi connectivity index (χ0) is 12.1. The van der Waals surface area contributed by atoms with E-state index in [-0.39, 0.29) is 24.3 Å². The van der Waals surface area contributed by atoms with Gasteiger partial charge >= 0.3 is 5.97 Å². The van der Waals surface area contributed by atoms with Crippen molar-refractivity contribution in [1.82, 2.24) is 5.01 Å². The minimum absolute atomic E-state index is 0. The molecule has 2 N–H and O–H groups in total. The van der Waals surface area contributed by atoms with Gasteiger partial charge in [0, 0.05) is 13.1 Å². The molecule has 1 atom stereocenters. The van der Waals surface area contributed by atoms with Crippen molar-refractivity contribution in [3.8, 4) is 0 Å². The molecule has 4 nitrogen and oxygen atoms in total. The molecule has 0 radical (unpaired) electrons. The number of esters is 1. The fourth-order valence-corrected chi connectivity index (χ4v) is 2.05. The first-order chi connectivity index (χ1) is 8.25. The topological polar surface area (TPSA) is 55.6 Å². The molecule has 1 aliphatic heterocycles. The van der Waals surface area contributed by atoms with Gasteiger partial charge in [-0.2, -0.15) is 0 Å². The molecule has 100 valence electrons. The second-order valence-corrected chi connectivity index (χ2v) is 4.43. The Labute approximate surface area is 113 Å². The van der Waals surface area contributed by atoms with E-state index < -0.39 is 0 Å². The van der Waals surface area contributed by atoms with Gasteiger partial charge in [0.2, 0.25) is 0 Å². The minimum atomic E-state index is -0.135. The van der Waals surface area contributed by atoms with Crippen molar-refractivity contribution in [1.29, 1.82) is 0 Å². The van der Waals surface area contributed by atoms with Crippen LogP contribution < -0.4 is 5.84 Å². The molecule has 1 aromatic rings. The lowest BCUT2D eigenvalue weighted by Crippen LogP contribution is -2.43. The lowest BCUT2D eigenvalue weighted by molar-refractivity contribution is -0.151. The highest BCUT2D eigenvalue weighted by Gasteiger charge is 2.25. The number of nitrogens with two attached hydrogens (primary N) is 1. The highest BCUT2D eigenvalue weighted by Crippen LogP contribution is 2.16. The smallest absolute Gasteiger partial charge is 0.310 e. The summed E-state index contributed by atoms with van der Waals surface area (Å²) >= 11 is 0. The number of nitrogens with zero attached hydrogens (tertiary/aromatic N) is 1. The largest absolute Gasteiger partial charge is 0.461 e. The van der Waals surface area contributed by atoms with E-state index in [1.54, 1.807) is 5.01 Å². The third-order valence-electron chi connectivity index (χ3n) is 3.01. The fourth-order valence-electron chi connectivity index (χ4n) is 2.05. The summed E-state index contributed by atoms with van der Waals surface area (Å²) in [5.41, 5.74) is 1.02. The van der Waals surface area contributed by atoms with E-state index in [4.69, 9.17) is 10.6 Å². The molecule has 1 aliphatic rings. The number of hydrazine groups is 1. The number of benzene rings is 1. The molecule has 1 heterocycles. The number of hydrogen-bond donors (Lipinski definition) is 1. The van der Waals surface area contributed by atoms with Gasteiger partial charge in [-0.05, 0) is 18.4 Å². The van der Waals surface area contributed by atoms with Crippen molar-refractivity contribution in [3.63, 3.8) is 0 Å². The molecule has 0 spiro atoms. The van der Waals surface area contributed by atoms with Gasteiger partial charge in [-0.1, -0.05) is 30.3 Å². The van der Waals surface area contributed by atoms with Crippen LogP contribution in [-0.4, -0.2) is 24.1 Å². The Morgan fingerprint density at radius 3 is 2.78 bits per heavy atom. The van der Waals surface area contributed by atoms with E-state index in [0.717, 1.165) is 24.9 Å². The molecular weight excluding hydrogens is 252 g/mol. The van der Waals surface area contributed by atoms with Crippen LogP contribution in [0.5, 0.6) is 0 Å². The highest BCUT2D eigenvalue weighted by molar-refractivity contribution is 5.85. The molecule has 1 fully saturated rings. The van der Waals surface area contributed by atoms with Crippen LogP contribution in [0.25, 0.3) is 0 Å². The number of ether oxygens (including phenoxy) is 1. The van der Waals surface area contributed by atoms with Crippen LogP contribution in [0.15, 0.2) is 30.3 Å². The van der Waals surface area contributed by atoms with Gasteiger partial charge < -0.3 is 4.74 Å². The Bertz CT molecular complexity index is 373. The van der Waals surface area contributed by atoms with Crippen LogP contribution in [0.3, 0.4) is 0 Å². The Morgan fingerprint density at radius 1 is 1.39 bits per heavy atom. The molecule has 1 unspecified atom stereocenters. The maximum Gasteiger partial charge on any atom is 0.310 e. The number of halogens is 1. The summed E-state index contributed by atoms with van der Waals surface area (Å²) in [6.07, 6.45) is 1.84. The lowest BCUT2D eigenvalue weighted by atomic mass is 9.99. The van der Waals surface area contributed by atoms with Crippen LogP contribution >= 0.6 is 12.4 Å². The van der Waals surface area contributed by atoms with Crippen LogP contribution in [-0.2, 0) is 16.1 Å². The average Bonchev–Trinajstić information content (AvgIpc) is 2.37. The molecule has 0 aromatic heterocycles. The summed E-state index contributed by atoms with van der Waals surface area (Å²) in [6.45, 7) is 1.82. The highest BCUT2D eigenvalue weighted by atomic mass is 35.5. The number of hydrogen-bond acceptors (Lipinski definition) is 4. The van der Waals surface area contributed by atoms with Gasteiger partial charge in [0.15, 0.2) is 0 Å². The number of rotatable bonds is 3. The van der Waals surface area contributed by atoms with Crippen molar-refractivity contribution in [2.24, 2.45) is 11.8 Å². The van der Waals surface area contributed by atoms with Crippen molar-refractivity contribution in [2.75, 3.05) is 13.1 Å². The molecule has 1 saturated heterocycles. The fraction of sp³-hybridized carbons (Fsp3) is 0.462. The van der Waals surface area contributed by atoms with Crippen molar-refractivity contribution < 1.29 is 9.53 Å². The lowest BCUT2D eigenvalue weighted by Gasteiger charge is -2.27. The zero-order valence-corrected chi connectivity index (χ0v) is 11.1. The van der Waals surface area contributed by atoms with Gasteiger partial charge in [0.25, 0.3) is 0 Å². The standard InChI is InChI=1S/C13H18N2O2.ClH/c14-15-8-4-7-12(9-15)13(16)17-10-11-5-2-1-3-6-11;/h1-3,5-6,12H,4,7-10,14H2;1H. The summed E-state index contributed by atoms with van der Waals surface area (Å²) in [5, 5.41) is 1.69. The second-order valence-electron chi connectivity index (χ2n) is 4.43. The number of carbonyl (C=O) groups is 1. The van der Waals surface area contributed by atoms with Crippen LogP contribution in [0.2, 0.25) is 0 Å². The normalized spacial score (nSPS) is 19.9. The number of carbonyl (C=O) groups excluding carboxylic acids is 1. The quantitative estimate of drug-likeness (QED) is 0.671. The predicted octanol–water partition coefficient (Wildman–Crippen LogP) is 1.74. The summed E-state index contributed by atoms with van der Waals surface area (Å²) in [7, 11) is 0. The van der Waals surface area contributed by atoms with E-state index in [0.29, 0.717) is 13.2 Å². The van der Waals surface area contributed by atoms with Gasteiger partial charge in [0.1, 0.15) is 6.61 Å². The van der Waals surface area contributed by atoms with Gasteiger partial charge in [0.05, 0.1) is 5.92 Å². The maximum atomic E-state index is 11.8. The van der Waals surface area contributed by atoms with E-state index in [9.17, 15) is 4.79 Å². The molecule has 0 aliphatic carbocycles. The monoisotopic (exact) mass is 270 g/mol. The van der Waals surface area contributed by atoms with Crippen molar-refractivity contribution in [2.45, 2.75) is 19.4 Å². The summed E-state index contributed by atoms with van der Waals surface area (Å²) < 4.78 is 5.29. The molecule has 0 bridgehead atoms. The first kappa shape index (κ1) is 15.0. The zero-order valence-electron chi connectivity index (χ0n) is 10.2. The van der Waals surface area contributed by atoms with Crippen molar-refractivity contribution >= 4 is 18.4 Å². The Kier molecular flexibility index (Phi) is 6.12. The second kappa shape index (κ2) is 7.36. The van der Waals surface area contributed by atoms with Gasteiger partial charge in [-0.25, -0.2) is 5.01 Å². The third-order valence-corrected chi connectivity index (χ3v) is 3.01. The van der Waals surface area contributed by atoms with E-state index in [1.165, 1.54) is 0 Å². The van der Waals surface area contributed by atoms with Crippen molar-refractivity contribution in [3.05, 3.63) is 35.9 Å². The molecule has 18 heavy (non-hydrogen) atoms. The molecule has 0 saturated carbocycles. The first-order valence-corrected chi connectivity index (χ1v) is 5.96. The summed E-state index contributed by atoms with van der Waals surface area (Å²) in [4.78, 5) is 11.8. The molecule has 0 amide bonds. The van der Waals surface area contributed by atoms with Gasteiger partial charge in [-0.3, -0.25) is 10.6 Å². The number of piperidine rings is 1. The van der Waals surface area contributed by atoms with E-state index in [2.05, 4.69) is 0 Å². The van der Waals surface area contributed by atoms with Crippen LogP contribution in [0, 0.1) is 5.92 Å². The Balaban J connectivity index is 0.00000162. The Morgan fingerprint density at radius 2 is 2.11 bits per heavy atom. The summed E-state index contributed by atoms with van der Waals surface area (Å²) in [6, 6.07) is 9.71. The predicted molar refractivity (Wildman–Crippen MR) is 72.0 cm³/mol. The van der Waals surface area contributed by atoms with Gasteiger partial charge in [-0.15, -0.1) is 12.4 Å². The maximum absolute atomic E-state index is 11.8. The third kappa shape index (κ3) is 4.29. The molecule has 2 rings (SSSR count). The average molecular weight is 271 g/mol. The molecule has 1 aromatic carbocycles. The SMILES string of the molecule is Cl.NN1CCCC(C(=O)OCc2ccccc2)C1. The van der Waals surface area contributed by atoms with Crippen LogP contribution in [0.1, 0.15) is 18.4 Å². The molecular formula is C13H19ClN2O2. The summed E-state index contributed by atoms with van der Waals surface area (Å²) in [5.74, 6) is 5.49. The van der Waals surface area contributed by atoms with E-state index in [1.807, 2.05) is 30.3 Å². The van der Waals surface area contributed by atoms with E-state index >= 15 is 0 Å². The minimum Gasteiger partial charge on any atom is -0.461 e. The molecule has 5 heteroatoms. The first-order valence-electron chi connectivity index (χ1n) is 5.96. The van der Waals surface area contributed by atoms with Crippen LogP contribution in [0.4, 0.5) is 0 Å².